The first-order chi connectivity index (χ1) is 16.9. The summed E-state index contributed by atoms with van der Waals surface area (Å²) in [6.07, 6.45) is 10.2. The molecule has 0 spiro atoms. The lowest BCUT2D eigenvalue weighted by Crippen LogP contribution is -2.22. The van der Waals surface area contributed by atoms with Crippen LogP contribution in [0.3, 0.4) is 0 Å². The summed E-state index contributed by atoms with van der Waals surface area (Å²) in [6.45, 7) is 0.883. The van der Waals surface area contributed by atoms with Crippen molar-refractivity contribution in [2.75, 3.05) is 13.7 Å². The highest BCUT2D eigenvalue weighted by atomic mass is 28.3. The summed E-state index contributed by atoms with van der Waals surface area (Å²) >= 11 is 0. The topological polar surface area (TPSA) is 18.5 Å². The third-order valence-corrected chi connectivity index (χ3v) is 11.6. The molecule has 0 aromatic heterocycles. The number of benzene rings is 1. The maximum absolute atomic E-state index is 14.2. The molecule has 0 N–H and O–H groups in total. The summed E-state index contributed by atoms with van der Waals surface area (Å²) in [7, 11) is 1.25. The average Bonchev–Trinajstić information content (AvgIpc) is 2.85. The van der Waals surface area contributed by atoms with Crippen molar-refractivity contribution in [1.29, 1.82) is 0 Å². The third-order valence-electron chi connectivity index (χ3n) is 8.09. The normalized spacial score (nSPS) is 24.9. The Morgan fingerprint density at radius 2 is 1.46 bits per heavy atom. The van der Waals surface area contributed by atoms with Crippen LogP contribution < -0.4 is 4.74 Å². The molecule has 0 radical (unpaired) electrons. The standard InChI is InChI=1S/C27H39F5O2Si/c1-33-13-3-2-4-14-35-15-11-20(12-16-35)6-5-19-7-9-21(10-8-19)22-17-23(28)25(24(29)18-22)34-27(32)26(30)31/h17-21,35H,2-16H2,1H3/t19-,20?,21-,35?. The van der Waals surface area contributed by atoms with Crippen LogP contribution in [-0.4, -0.2) is 22.5 Å². The highest BCUT2D eigenvalue weighted by Crippen LogP contribution is 2.41. The van der Waals surface area contributed by atoms with Gasteiger partial charge in [-0.2, -0.15) is 13.2 Å². The molecule has 2 aliphatic rings. The van der Waals surface area contributed by atoms with Gasteiger partial charge in [-0.15, -0.1) is 0 Å². The van der Waals surface area contributed by atoms with Crippen LogP contribution in [0.4, 0.5) is 22.0 Å². The zero-order valence-electron chi connectivity index (χ0n) is 20.8. The Hall–Kier alpha value is -1.41. The van der Waals surface area contributed by atoms with Gasteiger partial charge in [0.05, 0.1) is 0 Å². The van der Waals surface area contributed by atoms with E-state index in [-0.39, 0.29) is 5.92 Å². The Morgan fingerprint density at radius 1 is 0.857 bits per heavy atom. The van der Waals surface area contributed by atoms with Crippen LogP contribution in [0.5, 0.6) is 5.75 Å². The number of ether oxygens (including phenoxy) is 2. The second-order valence-corrected chi connectivity index (χ2v) is 13.9. The lowest BCUT2D eigenvalue weighted by Gasteiger charge is -2.32. The molecule has 2 nitrogen and oxygen atoms in total. The fourth-order valence-corrected chi connectivity index (χ4v) is 9.58. The van der Waals surface area contributed by atoms with Gasteiger partial charge in [0.25, 0.3) is 0 Å². The van der Waals surface area contributed by atoms with E-state index < -0.39 is 38.3 Å². The van der Waals surface area contributed by atoms with E-state index in [9.17, 15) is 22.0 Å². The van der Waals surface area contributed by atoms with Crippen LogP contribution in [-0.2, 0) is 4.74 Å². The van der Waals surface area contributed by atoms with E-state index in [1.807, 2.05) is 0 Å². The Morgan fingerprint density at radius 3 is 2.03 bits per heavy atom. The van der Waals surface area contributed by atoms with Crippen molar-refractivity contribution < 1.29 is 31.4 Å². The van der Waals surface area contributed by atoms with E-state index in [1.165, 1.54) is 63.1 Å². The molecule has 1 saturated carbocycles. The van der Waals surface area contributed by atoms with E-state index in [4.69, 9.17) is 4.74 Å². The molecular formula is C27H39F5O2Si. The molecule has 1 aliphatic carbocycles. The number of hydrogen-bond donors (Lipinski definition) is 0. The fourth-order valence-electron chi connectivity index (χ4n) is 5.96. The molecule has 198 valence electrons. The minimum absolute atomic E-state index is 0.0212. The molecule has 1 saturated heterocycles. The summed E-state index contributed by atoms with van der Waals surface area (Å²) in [5.41, 5.74) is 0.487. The molecule has 0 unspecified atom stereocenters. The number of unbranched alkanes of at least 4 members (excludes halogenated alkanes) is 2. The number of halogens is 5. The lowest BCUT2D eigenvalue weighted by atomic mass is 9.76. The minimum atomic E-state index is -2.75. The molecule has 35 heavy (non-hydrogen) atoms. The van der Waals surface area contributed by atoms with Gasteiger partial charge in [-0.25, -0.2) is 8.78 Å². The van der Waals surface area contributed by atoms with Crippen molar-refractivity contribution in [2.24, 2.45) is 11.8 Å². The van der Waals surface area contributed by atoms with Crippen molar-refractivity contribution in [3.63, 3.8) is 0 Å². The molecular weight excluding hydrogens is 479 g/mol. The predicted octanol–water partition coefficient (Wildman–Crippen LogP) is 8.89. The molecule has 1 heterocycles. The van der Waals surface area contributed by atoms with Crippen LogP contribution in [0.2, 0.25) is 18.1 Å². The third kappa shape index (κ3) is 8.88. The minimum Gasteiger partial charge on any atom is -0.422 e. The van der Waals surface area contributed by atoms with Gasteiger partial charge in [-0.05, 0) is 67.6 Å². The summed E-state index contributed by atoms with van der Waals surface area (Å²) < 4.78 is 75.0. The first-order valence-electron chi connectivity index (χ1n) is 13.2. The van der Waals surface area contributed by atoms with Crippen LogP contribution in [0.1, 0.15) is 82.1 Å². The summed E-state index contributed by atoms with van der Waals surface area (Å²) in [5.74, 6) is -1.90. The second kappa shape index (κ2) is 14.4. The Kier molecular flexibility index (Phi) is 11.6. The van der Waals surface area contributed by atoms with Crippen molar-refractivity contribution >= 4 is 8.80 Å². The first-order valence-corrected chi connectivity index (χ1v) is 15.7. The van der Waals surface area contributed by atoms with E-state index in [0.29, 0.717) is 11.5 Å². The van der Waals surface area contributed by atoms with E-state index in [1.54, 1.807) is 7.11 Å². The Labute approximate surface area is 207 Å². The predicted molar refractivity (Wildman–Crippen MR) is 131 cm³/mol. The largest absolute Gasteiger partial charge is 0.422 e. The van der Waals surface area contributed by atoms with Gasteiger partial charge in [0.1, 0.15) is 0 Å². The molecule has 0 bridgehead atoms. The molecule has 3 rings (SSSR count). The van der Waals surface area contributed by atoms with Crippen LogP contribution in [0, 0.1) is 23.5 Å². The maximum Gasteiger partial charge on any atom is 0.344 e. The van der Waals surface area contributed by atoms with Gasteiger partial charge >= 0.3 is 12.1 Å². The van der Waals surface area contributed by atoms with Crippen LogP contribution in [0.25, 0.3) is 0 Å². The zero-order chi connectivity index (χ0) is 25.2. The highest BCUT2D eigenvalue weighted by Gasteiger charge is 2.27. The lowest BCUT2D eigenvalue weighted by molar-refractivity contribution is 0.192. The van der Waals surface area contributed by atoms with Gasteiger partial charge in [0.2, 0.25) is 5.75 Å². The summed E-state index contributed by atoms with van der Waals surface area (Å²) in [5, 5.41) is 0. The molecule has 1 aromatic rings. The molecule has 0 atom stereocenters. The summed E-state index contributed by atoms with van der Waals surface area (Å²) in [6, 6.07) is 4.38. The van der Waals surface area contributed by atoms with Crippen molar-refractivity contribution in [1.82, 2.24) is 0 Å². The quantitative estimate of drug-likeness (QED) is 0.119. The van der Waals surface area contributed by atoms with Crippen LogP contribution >= 0.6 is 0 Å². The van der Waals surface area contributed by atoms with Crippen LogP contribution in [0.15, 0.2) is 24.2 Å². The monoisotopic (exact) mass is 518 g/mol. The highest BCUT2D eigenvalue weighted by molar-refractivity contribution is 6.58. The van der Waals surface area contributed by atoms with E-state index in [2.05, 4.69) is 4.74 Å². The van der Waals surface area contributed by atoms with Gasteiger partial charge in [-0.1, -0.05) is 56.7 Å². The number of hydrogen-bond acceptors (Lipinski definition) is 2. The fraction of sp³-hybridized carbons (Fsp3) is 0.704. The van der Waals surface area contributed by atoms with Crippen molar-refractivity contribution in [3.05, 3.63) is 41.4 Å². The number of rotatable bonds is 12. The second-order valence-electron chi connectivity index (χ2n) is 10.5. The molecule has 0 amide bonds. The smallest absolute Gasteiger partial charge is 0.344 e. The Bertz CT molecular complexity index is 791. The van der Waals surface area contributed by atoms with E-state index in [0.717, 1.165) is 50.3 Å². The van der Waals surface area contributed by atoms with E-state index >= 15 is 0 Å². The maximum atomic E-state index is 14.2. The Balaban J connectivity index is 1.37. The van der Waals surface area contributed by atoms with Gasteiger partial charge < -0.3 is 9.47 Å². The molecule has 2 fully saturated rings. The first kappa shape index (κ1) is 28.2. The van der Waals surface area contributed by atoms with Gasteiger partial charge in [0.15, 0.2) is 11.6 Å². The molecule has 1 aliphatic heterocycles. The van der Waals surface area contributed by atoms with Gasteiger partial charge in [-0.3, -0.25) is 0 Å². The zero-order valence-corrected chi connectivity index (χ0v) is 21.9. The SMILES string of the molecule is COCCCCC[SiH]1CCC(CC[C@H]2CC[C@H](c3cc(F)c(OC(F)=C(F)F)c(F)c3)CC2)CC1. The van der Waals surface area contributed by atoms with Crippen molar-refractivity contribution in [3.8, 4) is 5.75 Å². The summed E-state index contributed by atoms with van der Waals surface area (Å²) in [4.78, 5) is 0. The number of methoxy groups -OCH3 is 1. The van der Waals surface area contributed by atoms with Gasteiger partial charge in [0, 0.05) is 22.5 Å². The average molecular weight is 519 g/mol. The van der Waals surface area contributed by atoms with Crippen molar-refractivity contribution in [2.45, 2.75) is 94.7 Å². The molecule has 1 aromatic carbocycles. The molecule has 8 heteroatoms.